The van der Waals surface area contributed by atoms with Crippen LogP contribution < -0.4 is 11.1 Å². The largest absolute Gasteiger partial charge is 0.352 e. The summed E-state index contributed by atoms with van der Waals surface area (Å²) in [5, 5.41) is 2.72. The molecule has 1 aromatic rings. The SMILES string of the molecule is CC(N)CCC(=O)NCc1cccc(F)c1.Cl. The van der Waals surface area contributed by atoms with Crippen molar-refractivity contribution >= 4 is 18.3 Å². The van der Waals surface area contributed by atoms with Crippen molar-refractivity contribution in [3.8, 4) is 0 Å². The van der Waals surface area contributed by atoms with Crippen molar-refractivity contribution in [3.05, 3.63) is 35.6 Å². The monoisotopic (exact) mass is 260 g/mol. The highest BCUT2D eigenvalue weighted by Gasteiger charge is 2.03. The average Bonchev–Trinajstić information content (AvgIpc) is 2.23. The Morgan fingerprint density at radius 2 is 2.24 bits per heavy atom. The maximum Gasteiger partial charge on any atom is 0.220 e. The van der Waals surface area contributed by atoms with E-state index in [1.54, 1.807) is 12.1 Å². The Hall–Kier alpha value is -1.13. The molecule has 1 unspecified atom stereocenters. The van der Waals surface area contributed by atoms with Crippen LogP contribution in [0.25, 0.3) is 0 Å². The summed E-state index contributed by atoms with van der Waals surface area (Å²) in [5.41, 5.74) is 6.30. The van der Waals surface area contributed by atoms with E-state index in [-0.39, 0.29) is 30.2 Å². The summed E-state index contributed by atoms with van der Waals surface area (Å²) >= 11 is 0. The Balaban J connectivity index is 0.00000256. The van der Waals surface area contributed by atoms with E-state index >= 15 is 0 Å². The molecule has 1 amide bonds. The Kier molecular flexibility index (Phi) is 7.50. The van der Waals surface area contributed by atoms with E-state index < -0.39 is 0 Å². The Labute approximate surface area is 107 Å². The maximum absolute atomic E-state index is 12.8. The fourth-order valence-corrected chi connectivity index (χ4v) is 1.29. The highest BCUT2D eigenvalue weighted by Crippen LogP contribution is 2.03. The van der Waals surface area contributed by atoms with Crippen LogP contribution in [0.1, 0.15) is 25.3 Å². The fourth-order valence-electron chi connectivity index (χ4n) is 1.29. The normalized spacial score (nSPS) is 11.5. The number of nitrogens with two attached hydrogens (primary N) is 1. The second-order valence-electron chi connectivity index (χ2n) is 3.92. The van der Waals surface area contributed by atoms with Gasteiger partial charge in [0.25, 0.3) is 0 Å². The van der Waals surface area contributed by atoms with Gasteiger partial charge in [-0.3, -0.25) is 4.79 Å². The van der Waals surface area contributed by atoms with Crippen LogP contribution >= 0.6 is 12.4 Å². The summed E-state index contributed by atoms with van der Waals surface area (Å²) in [6.45, 7) is 2.22. The van der Waals surface area contributed by atoms with Crippen LogP contribution in [0.5, 0.6) is 0 Å². The van der Waals surface area contributed by atoms with Crippen LogP contribution in [0.2, 0.25) is 0 Å². The summed E-state index contributed by atoms with van der Waals surface area (Å²) in [5.74, 6) is -0.344. The second kappa shape index (κ2) is 8.03. The minimum atomic E-state index is -0.290. The minimum absolute atomic E-state index is 0. The molecule has 0 aliphatic carbocycles. The number of carbonyl (C=O) groups excluding carboxylic acids is 1. The molecule has 3 nitrogen and oxygen atoms in total. The maximum atomic E-state index is 12.8. The van der Waals surface area contributed by atoms with Gasteiger partial charge in [0.05, 0.1) is 0 Å². The van der Waals surface area contributed by atoms with E-state index in [1.807, 2.05) is 6.92 Å². The van der Waals surface area contributed by atoms with Crippen LogP contribution in [0.15, 0.2) is 24.3 Å². The molecule has 3 N–H and O–H groups in total. The van der Waals surface area contributed by atoms with Gasteiger partial charge in [-0.05, 0) is 31.0 Å². The molecule has 0 heterocycles. The van der Waals surface area contributed by atoms with Crippen LogP contribution in [-0.4, -0.2) is 11.9 Å². The van der Waals surface area contributed by atoms with Crippen LogP contribution in [0.4, 0.5) is 4.39 Å². The summed E-state index contributed by atoms with van der Waals surface area (Å²) in [4.78, 5) is 11.3. The average molecular weight is 261 g/mol. The van der Waals surface area contributed by atoms with E-state index in [9.17, 15) is 9.18 Å². The van der Waals surface area contributed by atoms with Gasteiger partial charge >= 0.3 is 0 Å². The first-order valence-corrected chi connectivity index (χ1v) is 5.34. The van der Waals surface area contributed by atoms with Gasteiger partial charge in [0.15, 0.2) is 0 Å². The number of halogens is 2. The zero-order valence-electron chi connectivity index (χ0n) is 9.78. The van der Waals surface area contributed by atoms with Gasteiger partial charge in [0.1, 0.15) is 5.82 Å². The molecular formula is C12H18ClFN2O. The van der Waals surface area contributed by atoms with E-state index in [0.717, 1.165) is 5.56 Å². The number of hydrogen-bond donors (Lipinski definition) is 2. The lowest BCUT2D eigenvalue weighted by Gasteiger charge is -2.07. The highest BCUT2D eigenvalue weighted by atomic mass is 35.5. The van der Waals surface area contributed by atoms with E-state index in [4.69, 9.17) is 5.73 Å². The van der Waals surface area contributed by atoms with Gasteiger partial charge in [0, 0.05) is 19.0 Å². The van der Waals surface area contributed by atoms with E-state index in [1.165, 1.54) is 12.1 Å². The third kappa shape index (κ3) is 6.92. The standard InChI is InChI=1S/C12H17FN2O.ClH/c1-9(14)5-6-12(16)15-8-10-3-2-4-11(13)7-10;/h2-4,7,9H,5-6,8,14H2,1H3,(H,15,16);1H. The molecule has 0 bridgehead atoms. The molecule has 1 aromatic carbocycles. The summed E-state index contributed by atoms with van der Waals surface area (Å²) in [7, 11) is 0. The number of benzene rings is 1. The summed E-state index contributed by atoms with van der Waals surface area (Å²) in [6, 6.07) is 6.21. The topological polar surface area (TPSA) is 55.1 Å². The molecule has 96 valence electrons. The lowest BCUT2D eigenvalue weighted by atomic mass is 10.2. The van der Waals surface area contributed by atoms with Gasteiger partial charge in [-0.15, -0.1) is 12.4 Å². The minimum Gasteiger partial charge on any atom is -0.352 e. The summed E-state index contributed by atoms with van der Waals surface area (Å²) < 4.78 is 12.8. The van der Waals surface area contributed by atoms with Crippen molar-refractivity contribution in [2.75, 3.05) is 0 Å². The van der Waals surface area contributed by atoms with Gasteiger partial charge < -0.3 is 11.1 Å². The predicted molar refractivity (Wildman–Crippen MR) is 68.4 cm³/mol. The first-order chi connectivity index (χ1) is 7.58. The molecule has 0 fully saturated rings. The van der Waals surface area contributed by atoms with Crippen molar-refractivity contribution in [2.45, 2.75) is 32.4 Å². The molecule has 0 radical (unpaired) electrons. The molecule has 5 heteroatoms. The number of nitrogens with one attached hydrogen (secondary N) is 1. The highest BCUT2D eigenvalue weighted by molar-refractivity contribution is 5.85. The second-order valence-corrected chi connectivity index (χ2v) is 3.92. The summed E-state index contributed by atoms with van der Waals surface area (Å²) in [6.07, 6.45) is 1.07. The van der Waals surface area contributed by atoms with Crippen molar-refractivity contribution < 1.29 is 9.18 Å². The van der Waals surface area contributed by atoms with Crippen molar-refractivity contribution in [2.24, 2.45) is 5.73 Å². The zero-order valence-corrected chi connectivity index (χ0v) is 10.6. The Morgan fingerprint density at radius 1 is 1.53 bits per heavy atom. The molecule has 1 atom stereocenters. The molecule has 0 saturated carbocycles. The lowest BCUT2D eigenvalue weighted by Crippen LogP contribution is -2.25. The first kappa shape index (κ1) is 15.9. The molecule has 0 saturated heterocycles. The van der Waals surface area contributed by atoms with Gasteiger partial charge in [-0.1, -0.05) is 12.1 Å². The van der Waals surface area contributed by atoms with Crippen LogP contribution in [-0.2, 0) is 11.3 Å². The van der Waals surface area contributed by atoms with Gasteiger partial charge in [-0.2, -0.15) is 0 Å². The number of rotatable bonds is 5. The Morgan fingerprint density at radius 3 is 2.82 bits per heavy atom. The molecule has 0 spiro atoms. The Bertz CT molecular complexity index is 358. The van der Waals surface area contributed by atoms with Gasteiger partial charge in [0.2, 0.25) is 5.91 Å². The fraction of sp³-hybridized carbons (Fsp3) is 0.417. The number of carbonyl (C=O) groups is 1. The van der Waals surface area contributed by atoms with Crippen molar-refractivity contribution in [1.82, 2.24) is 5.32 Å². The lowest BCUT2D eigenvalue weighted by molar-refractivity contribution is -0.121. The van der Waals surface area contributed by atoms with E-state index in [2.05, 4.69) is 5.32 Å². The van der Waals surface area contributed by atoms with Crippen LogP contribution in [0.3, 0.4) is 0 Å². The van der Waals surface area contributed by atoms with Crippen LogP contribution in [0, 0.1) is 5.82 Å². The third-order valence-corrected chi connectivity index (χ3v) is 2.21. The smallest absolute Gasteiger partial charge is 0.220 e. The molecule has 0 aliphatic heterocycles. The molecule has 0 aliphatic rings. The molecule has 1 rings (SSSR count). The predicted octanol–water partition coefficient (Wildman–Crippen LogP) is 1.99. The third-order valence-electron chi connectivity index (χ3n) is 2.21. The number of hydrogen-bond acceptors (Lipinski definition) is 2. The zero-order chi connectivity index (χ0) is 12.0. The van der Waals surface area contributed by atoms with Gasteiger partial charge in [-0.25, -0.2) is 4.39 Å². The quantitative estimate of drug-likeness (QED) is 0.851. The molecular weight excluding hydrogens is 243 g/mol. The van der Waals surface area contributed by atoms with Crippen molar-refractivity contribution in [3.63, 3.8) is 0 Å². The number of amides is 1. The van der Waals surface area contributed by atoms with Crippen molar-refractivity contribution in [1.29, 1.82) is 0 Å². The molecule has 0 aromatic heterocycles. The molecule has 17 heavy (non-hydrogen) atoms. The first-order valence-electron chi connectivity index (χ1n) is 5.34. The van der Waals surface area contributed by atoms with E-state index in [0.29, 0.717) is 19.4 Å².